The van der Waals surface area contributed by atoms with Gasteiger partial charge >= 0.3 is 5.95 Å². The highest BCUT2D eigenvalue weighted by molar-refractivity contribution is 5.23. The third-order valence-electron chi connectivity index (χ3n) is 1.21. The lowest BCUT2D eigenvalue weighted by Crippen LogP contribution is -2.21. The molecule has 2 N–H and O–H groups in total. The van der Waals surface area contributed by atoms with Gasteiger partial charge in [-0.2, -0.15) is 9.50 Å². The maximum atomic E-state index is 9.98. The van der Waals surface area contributed by atoms with Gasteiger partial charge in [0.05, 0.1) is 0 Å². The summed E-state index contributed by atoms with van der Waals surface area (Å²) in [5.41, 5.74) is 3.02. The molecule has 0 aromatic carbocycles. The Morgan fingerprint density at radius 2 is 2.58 bits per heavy atom. The Bertz CT molecular complexity index is 415. The lowest BCUT2D eigenvalue weighted by Gasteiger charge is -1.85. The van der Waals surface area contributed by atoms with E-state index in [0.29, 0.717) is 5.78 Å². The highest BCUT2D eigenvalue weighted by Gasteiger charge is 2.12. The molecule has 0 aliphatic heterocycles. The van der Waals surface area contributed by atoms with Crippen molar-refractivity contribution < 1.29 is 9.55 Å². The lowest BCUT2D eigenvalue weighted by molar-refractivity contribution is -0.572. The van der Waals surface area contributed by atoms with Crippen molar-refractivity contribution in [2.75, 3.05) is 0 Å². The van der Waals surface area contributed by atoms with Crippen LogP contribution in [0.1, 0.15) is 0 Å². The largest absolute Gasteiger partial charge is 0.318 e. The molecule has 0 aliphatic carbocycles. The standard InChI is InChI=1S/C3H2N7O2/c11-10(12)8-3-7-6-2-4-1-5-9(2)3/h1H,(H-,4,5,6,7,8)/q-1/p+1. The van der Waals surface area contributed by atoms with Crippen LogP contribution in [0.25, 0.3) is 11.2 Å². The van der Waals surface area contributed by atoms with Crippen LogP contribution in [0, 0.1) is 10.1 Å². The van der Waals surface area contributed by atoms with E-state index in [1.807, 2.05) is 0 Å². The van der Waals surface area contributed by atoms with Crippen LogP contribution in [0.15, 0.2) is 6.33 Å². The molecule has 0 aliphatic rings. The molecule has 0 amide bonds. The zero-order valence-corrected chi connectivity index (χ0v) is 5.63. The molecule has 0 unspecified atom stereocenters. The first-order valence-electron chi connectivity index (χ1n) is 2.93. The predicted molar refractivity (Wildman–Crippen MR) is 33.9 cm³/mol. The summed E-state index contributed by atoms with van der Waals surface area (Å²) in [6.07, 6.45) is 1.36. The fraction of sp³-hybridized carbons (Fsp3) is 0. The highest BCUT2D eigenvalue weighted by Crippen LogP contribution is 2.05. The highest BCUT2D eigenvalue weighted by atomic mass is 16.7. The molecule has 9 heteroatoms. The molecule has 2 heterocycles. The summed E-state index contributed by atoms with van der Waals surface area (Å²) in [6.45, 7) is 0. The fourth-order valence-corrected chi connectivity index (χ4v) is 0.789. The Labute approximate surface area is 64.5 Å². The van der Waals surface area contributed by atoms with Gasteiger partial charge in [-0.05, 0) is 0 Å². The summed E-state index contributed by atoms with van der Waals surface area (Å²) in [6, 6.07) is 0. The molecular weight excluding hydrogens is 166 g/mol. The number of nitro groups is 1. The summed E-state index contributed by atoms with van der Waals surface area (Å²) in [7, 11) is 0. The van der Waals surface area contributed by atoms with Crippen molar-refractivity contribution in [1.29, 1.82) is 0 Å². The van der Waals surface area contributed by atoms with Gasteiger partial charge in [-0.3, -0.25) is 5.10 Å². The quantitative estimate of drug-likeness (QED) is 0.342. The second-order valence-electron chi connectivity index (χ2n) is 1.91. The monoisotopic (exact) mass is 169 g/mol. The van der Waals surface area contributed by atoms with Crippen LogP contribution in [0.4, 0.5) is 5.95 Å². The Kier molecular flexibility index (Phi) is 1.17. The van der Waals surface area contributed by atoms with Gasteiger partial charge in [0.15, 0.2) is 5.03 Å². The molecule has 2 aromatic rings. The van der Waals surface area contributed by atoms with Gasteiger partial charge in [-0.1, -0.05) is 0 Å². The van der Waals surface area contributed by atoms with E-state index in [2.05, 4.69) is 25.7 Å². The second kappa shape index (κ2) is 2.15. The number of aromatic nitrogens is 5. The number of nitrogens with zero attached hydrogens (tertiary/aromatic N) is 5. The number of H-pyrrole nitrogens is 2. The van der Waals surface area contributed by atoms with Crippen molar-refractivity contribution >= 4 is 11.7 Å². The maximum Gasteiger partial charge on any atom is 0.318 e. The van der Waals surface area contributed by atoms with E-state index in [0.717, 1.165) is 0 Å². The number of fused-ring (bicyclic) bond motifs is 1. The number of aromatic amines is 2. The van der Waals surface area contributed by atoms with Crippen LogP contribution < -0.4 is 4.52 Å². The molecule has 2 rings (SSSR count). The Morgan fingerprint density at radius 3 is 3.33 bits per heavy atom. The smallest absolute Gasteiger partial charge is 0.277 e. The molecule has 0 saturated carbocycles. The number of hydrogen-bond donors (Lipinski definition) is 2. The summed E-state index contributed by atoms with van der Waals surface area (Å²) < 4.78 is 1.25. The zero-order valence-electron chi connectivity index (χ0n) is 5.63. The van der Waals surface area contributed by atoms with Gasteiger partial charge in [0.2, 0.25) is 0 Å². The summed E-state index contributed by atoms with van der Waals surface area (Å²) in [5.74, 6) is 0.295. The molecule has 0 saturated heterocycles. The molecule has 9 nitrogen and oxygen atoms in total. The molecule has 62 valence electrons. The molecule has 0 fully saturated rings. The molecule has 0 spiro atoms. The first kappa shape index (κ1) is 6.52. The lowest BCUT2D eigenvalue weighted by atomic mass is 11.0. The SMILES string of the molecule is O=[N+]([O-])[N-]c1[nH]nc2nc[nH][n+]12. The molecule has 2 aromatic heterocycles. The van der Waals surface area contributed by atoms with Gasteiger partial charge in [0.1, 0.15) is 11.8 Å². The normalized spacial score (nSPS) is 10.3. The molecule has 12 heavy (non-hydrogen) atoms. The third kappa shape index (κ3) is 0.836. The van der Waals surface area contributed by atoms with Crippen molar-refractivity contribution in [2.45, 2.75) is 0 Å². The van der Waals surface area contributed by atoms with E-state index in [4.69, 9.17) is 0 Å². The number of rotatable bonds is 2. The zero-order chi connectivity index (χ0) is 8.55. The minimum atomic E-state index is -0.819. The van der Waals surface area contributed by atoms with Crippen molar-refractivity contribution in [3.8, 4) is 0 Å². The van der Waals surface area contributed by atoms with Crippen LogP contribution in [-0.4, -0.2) is 25.3 Å². The Balaban J connectivity index is 2.47. The van der Waals surface area contributed by atoms with Crippen molar-refractivity contribution in [1.82, 2.24) is 20.3 Å². The summed E-state index contributed by atoms with van der Waals surface area (Å²) in [4.78, 5) is 13.7. The predicted octanol–water partition coefficient (Wildman–Crippen LogP) is -0.932. The van der Waals surface area contributed by atoms with Gasteiger partial charge in [-0.15, -0.1) is 5.10 Å². The van der Waals surface area contributed by atoms with E-state index in [-0.39, 0.29) is 5.95 Å². The van der Waals surface area contributed by atoms with Gasteiger partial charge < -0.3 is 0 Å². The van der Waals surface area contributed by atoms with E-state index >= 15 is 0 Å². The Morgan fingerprint density at radius 1 is 1.75 bits per heavy atom. The average molecular weight is 169 g/mol. The first-order chi connectivity index (χ1) is 5.77. The molecular formula is C3H3N7O2. The van der Waals surface area contributed by atoms with Crippen molar-refractivity contribution in [2.24, 2.45) is 0 Å². The summed E-state index contributed by atoms with van der Waals surface area (Å²) in [5, 5.41) is 17.7. The fourth-order valence-electron chi connectivity index (χ4n) is 0.789. The minimum absolute atomic E-state index is 0.00694. The van der Waals surface area contributed by atoms with Crippen molar-refractivity contribution in [3.05, 3.63) is 21.9 Å². The Hall–Kier alpha value is -2.19. The maximum absolute atomic E-state index is 9.98. The van der Waals surface area contributed by atoms with Crippen molar-refractivity contribution in [3.63, 3.8) is 0 Å². The first-order valence-corrected chi connectivity index (χ1v) is 2.93. The third-order valence-corrected chi connectivity index (χ3v) is 1.21. The van der Waals surface area contributed by atoms with Crippen LogP contribution in [-0.2, 0) is 0 Å². The van der Waals surface area contributed by atoms with Gasteiger partial charge in [0.25, 0.3) is 5.78 Å². The van der Waals surface area contributed by atoms with E-state index in [9.17, 15) is 10.1 Å². The van der Waals surface area contributed by atoms with Gasteiger partial charge in [0, 0.05) is 0 Å². The van der Waals surface area contributed by atoms with Crippen LogP contribution in [0.2, 0.25) is 0 Å². The topological polar surface area (TPSA) is 119 Å². The van der Waals surface area contributed by atoms with Crippen LogP contribution in [0.3, 0.4) is 0 Å². The van der Waals surface area contributed by atoms with Gasteiger partial charge in [-0.25, -0.2) is 15.2 Å². The minimum Gasteiger partial charge on any atom is -0.277 e. The average Bonchev–Trinajstić information content (AvgIpc) is 2.52. The second-order valence-corrected chi connectivity index (χ2v) is 1.91. The van der Waals surface area contributed by atoms with Crippen LogP contribution >= 0.6 is 0 Å². The molecule has 0 atom stereocenters. The van der Waals surface area contributed by atoms with Crippen LogP contribution in [0.5, 0.6) is 0 Å². The summed E-state index contributed by atoms with van der Waals surface area (Å²) >= 11 is 0. The van der Waals surface area contributed by atoms with E-state index in [1.54, 1.807) is 0 Å². The van der Waals surface area contributed by atoms with E-state index < -0.39 is 5.03 Å². The number of hydrogen-bond acceptors (Lipinski definition) is 4. The molecule has 0 radical (unpaired) electrons. The number of nitrogens with one attached hydrogen (secondary N) is 2. The molecule has 0 bridgehead atoms. The van der Waals surface area contributed by atoms with E-state index in [1.165, 1.54) is 10.8 Å².